The van der Waals surface area contributed by atoms with Gasteiger partial charge in [-0.1, -0.05) is 26.8 Å². The minimum absolute atomic E-state index is 0. The smallest absolute Gasteiger partial charge is 0.221 e. The number of nitrogens with zero attached hydrogens (tertiary/aromatic N) is 7. The summed E-state index contributed by atoms with van der Waals surface area (Å²) in [5, 5.41) is 9.04. The highest BCUT2D eigenvalue weighted by Crippen LogP contribution is 2.33. The lowest BCUT2D eigenvalue weighted by Gasteiger charge is -2.19. The van der Waals surface area contributed by atoms with Crippen LogP contribution in [0.3, 0.4) is 0 Å². The summed E-state index contributed by atoms with van der Waals surface area (Å²) in [5.74, 6) is -0.268. The summed E-state index contributed by atoms with van der Waals surface area (Å²) in [4.78, 5) is 15.3. The van der Waals surface area contributed by atoms with E-state index in [9.17, 15) is 0 Å². The predicted octanol–water partition coefficient (Wildman–Crippen LogP) is 3.64. The summed E-state index contributed by atoms with van der Waals surface area (Å²) in [6.45, 7) is 9.20. The number of nitrogen functional groups attached to an aromatic ring is 1. The third kappa shape index (κ3) is 4.61. The Balaban J connectivity index is 0.00000304. The molecule has 5 rings (SSSR count). The van der Waals surface area contributed by atoms with Crippen molar-refractivity contribution >= 4 is 22.5 Å². The monoisotopic (exact) mass is 488 g/mol. The zero-order chi connectivity index (χ0) is 24.7. The minimum Gasteiger partial charge on any atom is -0.369 e. The molecule has 4 heterocycles. The topological polar surface area (TPSA) is 128 Å². The second-order valence-corrected chi connectivity index (χ2v) is 9.38. The van der Waals surface area contributed by atoms with Gasteiger partial charge in [0.1, 0.15) is 11.4 Å². The fourth-order valence-corrected chi connectivity index (χ4v) is 5.04. The van der Waals surface area contributed by atoms with E-state index in [2.05, 4.69) is 51.0 Å². The second-order valence-electron chi connectivity index (χ2n) is 9.38. The molecule has 1 fully saturated rings. The van der Waals surface area contributed by atoms with E-state index in [0.29, 0.717) is 17.3 Å². The van der Waals surface area contributed by atoms with Crippen molar-refractivity contribution in [3.63, 3.8) is 0 Å². The third-order valence-corrected chi connectivity index (χ3v) is 6.60. The molecule has 1 aliphatic heterocycles. The Morgan fingerprint density at radius 3 is 2.64 bits per heavy atom. The summed E-state index contributed by atoms with van der Waals surface area (Å²) in [5.41, 5.74) is 10.3. The molecule has 1 unspecified atom stereocenters. The Hall–Kier alpha value is -3.63. The average Bonchev–Trinajstić information content (AvgIpc) is 3.43. The molecule has 0 amide bonds. The van der Waals surface area contributed by atoms with Gasteiger partial charge >= 0.3 is 0 Å². The molecule has 1 saturated heterocycles. The lowest BCUT2D eigenvalue weighted by Crippen LogP contribution is -2.32. The largest absolute Gasteiger partial charge is 0.369 e. The first-order chi connectivity index (χ1) is 16.9. The number of likely N-dealkylation sites (N-methyl/N-ethyl adjacent to an activating group) is 1. The first-order valence-corrected chi connectivity index (χ1v) is 12.1. The van der Waals surface area contributed by atoms with E-state index in [4.69, 9.17) is 5.73 Å². The molecule has 3 radical (unpaired) electrons. The quantitative estimate of drug-likeness (QED) is 0.424. The Morgan fingerprint density at radius 1 is 1.17 bits per heavy atom. The molecule has 0 saturated carbocycles. The van der Waals surface area contributed by atoms with Crippen molar-refractivity contribution in [2.24, 2.45) is 7.05 Å². The molecule has 36 heavy (non-hydrogen) atoms. The van der Waals surface area contributed by atoms with Crippen LogP contribution in [0, 0.1) is 5.82 Å². The number of nitrogens with two attached hydrogens (primary N) is 1. The number of pyridine rings is 1. The van der Waals surface area contributed by atoms with E-state index in [0.717, 1.165) is 48.3 Å². The number of nitrogens with one attached hydrogen (secondary N) is 1. The van der Waals surface area contributed by atoms with Gasteiger partial charge in [-0.05, 0) is 43.1 Å². The van der Waals surface area contributed by atoms with Crippen LogP contribution in [0.25, 0.3) is 33.5 Å². The predicted molar refractivity (Wildman–Crippen MR) is 140 cm³/mol. The number of hydrogen-bond donors (Lipinski definition) is 2. The van der Waals surface area contributed by atoms with E-state index in [1.165, 1.54) is 0 Å². The van der Waals surface area contributed by atoms with Gasteiger partial charge in [0.15, 0.2) is 5.82 Å². The zero-order valence-corrected chi connectivity index (χ0v) is 21.0. The number of anilines is 2. The van der Waals surface area contributed by atoms with Crippen molar-refractivity contribution in [3.8, 4) is 22.6 Å². The summed E-state index contributed by atoms with van der Waals surface area (Å²) in [6, 6.07) is 9.87. The molecule has 1 aromatic carbocycles. The molecule has 4 aromatic rings. The Morgan fingerprint density at radius 2 is 1.94 bits per heavy atom. The van der Waals surface area contributed by atoms with Gasteiger partial charge in [-0.3, -0.25) is 9.67 Å². The van der Waals surface area contributed by atoms with Crippen LogP contribution in [0.1, 0.15) is 38.8 Å². The van der Waals surface area contributed by atoms with Crippen LogP contribution in [0.2, 0.25) is 0 Å². The lowest BCUT2D eigenvalue weighted by atomic mass is 10.0. The summed E-state index contributed by atoms with van der Waals surface area (Å²) in [7, 11) is 1.92. The van der Waals surface area contributed by atoms with Gasteiger partial charge in [0.25, 0.3) is 0 Å². The van der Waals surface area contributed by atoms with E-state index >= 15 is 4.39 Å². The van der Waals surface area contributed by atoms with E-state index in [1.807, 2.05) is 36.0 Å². The van der Waals surface area contributed by atoms with Gasteiger partial charge in [0.2, 0.25) is 5.95 Å². The molecular formula is C26H31FN9. The van der Waals surface area contributed by atoms with Gasteiger partial charge < -0.3 is 16.0 Å². The highest BCUT2D eigenvalue weighted by molar-refractivity contribution is 5.87. The second kappa shape index (κ2) is 10.2. The van der Waals surface area contributed by atoms with Crippen LogP contribution in [0.4, 0.5) is 16.0 Å². The number of hydrogen-bond acceptors (Lipinski definition) is 7. The van der Waals surface area contributed by atoms with Crippen LogP contribution < -0.4 is 22.1 Å². The molecular weight excluding hydrogens is 457 g/mol. The van der Waals surface area contributed by atoms with Gasteiger partial charge in [-0.25, -0.2) is 14.4 Å². The number of benzene rings is 1. The first-order valence-electron chi connectivity index (χ1n) is 12.1. The normalized spacial score (nSPS) is 15.6. The maximum Gasteiger partial charge on any atom is 0.221 e. The molecule has 0 bridgehead atoms. The SMILES string of the molecule is CCNC1CCN(c2ccc(-c3nc(N)nc(-c4ccc5nn(C)c(C(C)C)c5c4)c3F)nc2)C1.[N]. The maximum absolute atomic E-state index is 15.8. The van der Waals surface area contributed by atoms with E-state index in [-0.39, 0.29) is 29.4 Å². The molecule has 0 aliphatic carbocycles. The van der Waals surface area contributed by atoms with Gasteiger partial charge in [-0.15, -0.1) is 0 Å². The number of halogens is 1. The molecule has 187 valence electrons. The van der Waals surface area contributed by atoms with Crippen molar-refractivity contribution in [1.29, 1.82) is 0 Å². The Labute approximate surface area is 210 Å². The maximum atomic E-state index is 15.8. The summed E-state index contributed by atoms with van der Waals surface area (Å²) >= 11 is 0. The fourth-order valence-electron chi connectivity index (χ4n) is 5.04. The third-order valence-electron chi connectivity index (χ3n) is 6.60. The Bertz CT molecular complexity index is 1360. The highest BCUT2D eigenvalue weighted by atomic mass is 19.1. The molecule has 3 N–H and O–H groups in total. The van der Waals surface area contributed by atoms with E-state index in [1.54, 1.807) is 12.3 Å². The summed E-state index contributed by atoms with van der Waals surface area (Å²) in [6.07, 6.45) is 2.87. The molecule has 1 atom stereocenters. The standard InChI is InChI=1S/C26H31FN8.N/c1-5-29-17-10-11-35(14-17)18-7-9-21(30-13-18)24-22(27)23(31-26(28)32-24)16-6-8-20-19(12-16)25(15(2)3)34(4)33-20;/h6-9,12-13,15,17,29H,5,10-11,14H2,1-4H3,(H2,28,31,32);. The molecule has 10 heteroatoms. The van der Waals surface area contributed by atoms with Crippen molar-refractivity contribution in [2.75, 3.05) is 30.3 Å². The minimum atomic E-state index is -0.540. The van der Waals surface area contributed by atoms with Crippen LogP contribution >= 0.6 is 0 Å². The molecule has 3 aromatic heterocycles. The molecule has 9 nitrogen and oxygen atoms in total. The van der Waals surface area contributed by atoms with Gasteiger partial charge in [-0.2, -0.15) is 5.10 Å². The van der Waals surface area contributed by atoms with Crippen molar-refractivity contribution in [2.45, 2.75) is 39.2 Å². The number of aromatic nitrogens is 5. The average molecular weight is 489 g/mol. The van der Waals surface area contributed by atoms with E-state index < -0.39 is 5.82 Å². The number of aryl methyl sites for hydroxylation is 1. The fraction of sp³-hybridized carbons (Fsp3) is 0.385. The molecule has 1 aliphatic rings. The lowest BCUT2D eigenvalue weighted by molar-refractivity contribution is 0.572. The van der Waals surface area contributed by atoms with Crippen LogP contribution in [-0.4, -0.2) is 50.4 Å². The van der Waals surface area contributed by atoms with Crippen LogP contribution in [-0.2, 0) is 7.05 Å². The number of fused-ring (bicyclic) bond motifs is 1. The Kier molecular flexibility index (Phi) is 7.18. The first kappa shape index (κ1) is 25.5. The van der Waals surface area contributed by atoms with Gasteiger partial charge in [0, 0.05) is 49.0 Å². The highest BCUT2D eigenvalue weighted by Gasteiger charge is 2.23. The number of rotatable bonds is 6. The zero-order valence-electron chi connectivity index (χ0n) is 21.0. The van der Waals surface area contributed by atoms with Crippen LogP contribution in [0.15, 0.2) is 36.5 Å². The van der Waals surface area contributed by atoms with Crippen molar-refractivity contribution in [3.05, 3.63) is 48.0 Å². The van der Waals surface area contributed by atoms with Crippen molar-refractivity contribution in [1.82, 2.24) is 36.2 Å². The van der Waals surface area contributed by atoms with Crippen LogP contribution in [0.5, 0.6) is 0 Å². The van der Waals surface area contributed by atoms with Gasteiger partial charge in [0.05, 0.1) is 23.1 Å². The molecule has 0 spiro atoms. The van der Waals surface area contributed by atoms with Crippen molar-refractivity contribution < 1.29 is 4.39 Å². The summed E-state index contributed by atoms with van der Waals surface area (Å²) < 4.78 is 17.6.